The van der Waals surface area contributed by atoms with Crippen molar-refractivity contribution in [1.82, 2.24) is 4.90 Å². The highest BCUT2D eigenvalue weighted by molar-refractivity contribution is 7.16. The van der Waals surface area contributed by atoms with Gasteiger partial charge in [-0.1, -0.05) is 0 Å². The Bertz CT molecular complexity index is 514. The van der Waals surface area contributed by atoms with Crippen LogP contribution in [-0.4, -0.2) is 62.8 Å². The molecule has 1 heterocycles. The summed E-state index contributed by atoms with van der Waals surface area (Å²) in [4.78, 5) is 27.8. The number of esters is 1. The molecule has 0 aliphatic carbocycles. The van der Waals surface area contributed by atoms with Gasteiger partial charge < -0.3 is 19.6 Å². The van der Waals surface area contributed by atoms with Gasteiger partial charge in [-0.25, -0.2) is 4.79 Å². The lowest BCUT2D eigenvalue weighted by molar-refractivity contribution is -0.136. The summed E-state index contributed by atoms with van der Waals surface area (Å²) in [6.07, 6.45) is 0.934. The van der Waals surface area contributed by atoms with Crippen molar-refractivity contribution in [3.8, 4) is 0 Å². The summed E-state index contributed by atoms with van der Waals surface area (Å²) in [5, 5.41) is 9.73. The number of hydrogen-bond acceptors (Lipinski definition) is 6. The summed E-state index contributed by atoms with van der Waals surface area (Å²) in [6, 6.07) is 1.80. The van der Waals surface area contributed by atoms with Crippen molar-refractivity contribution in [2.75, 3.05) is 45.7 Å². The summed E-state index contributed by atoms with van der Waals surface area (Å²) in [7, 11) is 5.35. The van der Waals surface area contributed by atoms with Gasteiger partial charge in [0.2, 0.25) is 0 Å². The van der Waals surface area contributed by atoms with Gasteiger partial charge in [-0.2, -0.15) is 0 Å². The molecule has 0 saturated carbocycles. The first-order valence-electron chi connectivity index (χ1n) is 7.15. The lowest BCUT2D eigenvalue weighted by atomic mass is 10.2. The molecule has 22 heavy (non-hydrogen) atoms. The van der Waals surface area contributed by atoms with Gasteiger partial charge >= 0.3 is 11.9 Å². The fourth-order valence-corrected chi connectivity index (χ4v) is 3.16. The number of thiophene rings is 1. The maximum atomic E-state index is 11.9. The van der Waals surface area contributed by atoms with Crippen molar-refractivity contribution in [2.24, 2.45) is 0 Å². The maximum Gasteiger partial charge on any atom is 0.340 e. The zero-order chi connectivity index (χ0) is 16.7. The fourth-order valence-electron chi connectivity index (χ4n) is 2.12. The number of methoxy groups -OCH3 is 1. The highest BCUT2D eigenvalue weighted by atomic mass is 32.1. The van der Waals surface area contributed by atoms with E-state index in [1.165, 1.54) is 18.4 Å². The summed E-state index contributed by atoms with van der Waals surface area (Å²) < 4.78 is 4.83. The second kappa shape index (κ2) is 8.75. The first-order valence-corrected chi connectivity index (χ1v) is 7.97. The van der Waals surface area contributed by atoms with Crippen LogP contribution in [0.5, 0.6) is 0 Å². The zero-order valence-electron chi connectivity index (χ0n) is 13.6. The molecule has 0 unspecified atom stereocenters. The molecule has 0 aliphatic heterocycles. The quantitative estimate of drug-likeness (QED) is 0.700. The van der Waals surface area contributed by atoms with E-state index in [9.17, 15) is 9.59 Å². The minimum absolute atomic E-state index is 0.0412. The second-order valence-electron chi connectivity index (χ2n) is 5.36. The van der Waals surface area contributed by atoms with E-state index in [-0.39, 0.29) is 12.4 Å². The van der Waals surface area contributed by atoms with Crippen LogP contribution in [0.3, 0.4) is 0 Å². The van der Waals surface area contributed by atoms with E-state index >= 15 is 0 Å². The van der Waals surface area contributed by atoms with Crippen LogP contribution >= 0.6 is 11.3 Å². The van der Waals surface area contributed by atoms with E-state index in [1.807, 2.05) is 25.9 Å². The molecule has 0 fully saturated rings. The molecular weight excluding hydrogens is 304 g/mol. The Labute approximate surface area is 135 Å². The molecule has 1 aromatic heterocycles. The Morgan fingerprint density at radius 2 is 1.95 bits per heavy atom. The van der Waals surface area contributed by atoms with Crippen LogP contribution in [0, 0.1) is 6.92 Å². The Balaban J connectivity index is 2.93. The predicted octanol–water partition coefficient (Wildman–Crippen LogP) is 2.08. The lowest BCUT2D eigenvalue weighted by Gasteiger charge is -2.24. The molecular formula is C15H24N2O4S. The normalized spacial score (nSPS) is 10.8. The van der Waals surface area contributed by atoms with Gasteiger partial charge in [0.15, 0.2) is 0 Å². The Hall–Kier alpha value is -1.60. The molecule has 0 aliphatic rings. The SMILES string of the molecule is COC(=O)c1cc(C)sc1N(CCCN(C)C)CCC(=O)O. The van der Waals surface area contributed by atoms with Crippen LogP contribution in [0.25, 0.3) is 0 Å². The molecule has 6 nitrogen and oxygen atoms in total. The van der Waals surface area contributed by atoms with Crippen molar-refractivity contribution >= 4 is 28.3 Å². The average Bonchev–Trinajstić information content (AvgIpc) is 2.83. The topological polar surface area (TPSA) is 70.1 Å². The van der Waals surface area contributed by atoms with Gasteiger partial charge in [0.1, 0.15) is 5.00 Å². The van der Waals surface area contributed by atoms with Crippen molar-refractivity contribution < 1.29 is 19.4 Å². The third kappa shape index (κ3) is 5.65. The molecule has 0 atom stereocenters. The minimum Gasteiger partial charge on any atom is -0.481 e. The van der Waals surface area contributed by atoms with Gasteiger partial charge in [0.25, 0.3) is 0 Å². The molecule has 0 bridgehead atoms. The minimum atomic E-state index is -0.842. The molecule has 124 valence electrons. The molecule has 0 spiro atoms. The van der Waals surface area contributed by atoms with Crippen LogP contribution in [0.1, 0.15) is 28.1 Å². The van der Waals surface area contributed by atoms with Crippen molar-refractivity contribution in [3.05, 3.63) is 16.5 Å². The van der Waals surface area contributed by atoms with Crippen molar-refractivity contribution in [3.63, 3.8) is 0 Å². The zero-order valence-corrected chi connectivity index (χ0v) is 14.4. The summed E-state index contributed by atoms with van der Waals surface area (Å²) >= 11 is 1.50. The third-order valence-electron chi connectivity index (χ3n) is 3.16. The number of carboxylic acids is 1. The average molecular weight is 328 g/mol. The van der Waals surface area contributed by atoms with E-state index in [0.29, 0.717) is 18.7 Å². The van der Waals surface area contributed by atoms with Gasteiger partial charge in [-0.3, -0.25) is 4.79 Å². The molecule has 0 amide bonds. The van der Waals surface area contributed by atoms with Crippen molar-refractivity contribution in [2.45, 2.75) is 19.8 Å². The molecule has 1 N–H and O–H groups in total. The Morgan fingerprint density at radius 1 is 1.27 bits per heavy atom. The molecule has 1 rings (SSSR count). The monoisotopic (exact) mass is 328 g/mol. The van der Waals surface area contributed by atoms with Crippen molar-refractivity contribution in [1.29, 1.82) is 0 Å². The smallest absolute Gasteiger partial charge is 0.340 e. The number of ether oxygens (including phenoxy) is 1. The summed E-state index contributed by atoms with van der Waals surface area (Å²) in [5.41, 5.74) is 0.514. The van der Waals surface area contributed by atoms with Gasteiger partial charge in [0, 0.05) is 18.0 Å². The number of rotatable bonds is 9. The highest BCUT2D eigenvalue weighted by Gasteiger charge is 2.21. The highest BCUT2D eigenvalue weighted by Crippen LogP contribution is 2.32. The molecule has 0 aromatic carbocycles. The number of hydrogen-bond donors (Lipinski definition) is 1. The molecule has 7 heteroatoms. The second-order valence-corrected chi connectivity index (χ2v) is 6.59. The largest absolute Gasteiger partial charge is 0.481 e. The summed E-state index contributed by atoms with van der Waals surface area (Å²) in [5.74, 6) is -1.22. The molecule has 1 aromatic rings. The third-order valence-corrected chi connectivity index (χ3v) is 4.27. The standard InChI is InChI=1S/C15H24N2O4S/c1-11-10-12(15(20)21-4)14(22-11)17(9-6-13(18)19)8-5-7-16(2)3/h10H,5-9H2,1-4H3,(H,18,19). The first-order chi connectivity index (χ1) is 10.3. The number of anilines is 1. The first kappa shape index (κ1) is 18.4. The van der Waals surface area contributed by atoms with E-state index in [2.05, 4.69) is 4.90 Å². The number of carboxylic acid groups (broad SMARTS) is 1. The number of carbonyl (C=O) groups excluding carboxylic acids is 1. The molecule has 0 radical (unpaired) electrons. The maximum absolute atomic E-state index is 11.9. The van der Waals surface area contributed by atoms with Crippen LogP contribution in [0.2, 0.25) is 0 Å². The Morgan fingerprint density at radius 3 is 2.50 bits per heavy atom. The Kier molecular flexibility index (Phi) is 7.34. The van der Waals surface area contributed by atoms with Gasteiger partial charge in [-0.15, -0.1) is 11.3 Å². The number of aliphatic carboxylic acids is 1. The predicted molar refractivity (Wildman–Crippen MR) is 88.0 cm³/mol. The lowest BCUT2D eigenvalue weighted by Crippen LogP contribution is -2.30. The van der Waals surface area contributed by atoms with E-state index in [1.54, 1.807) is 6.07 Å². The van der Waals surface area contributed by atoms with Crippen LogP contribution in [0.15, 0.2) is 6.07 Å². The van der Waals surface area contributed by atoms with E-state index < -0.39 is 5.97 Å². The van der Waals surface area contributed by atoms with Crippen LogP contribution in [0.4, 0.5) is 5.00 Å². The number of aryl methyl sites for hydroxylation is 1. The number of carbonyl (C=O) groups is 2. The molecule has 0 saturated heterocycles. The number of nitrogens with zero attached hydrogens (tertiary/aromatic N) is 2. The van der Waals surface area contributed by atoms with E-state index in [4.69, 9.17) is 9.84 Å². The van der Waals surface area contributed by atoms with Gasteiger partial charge in [0.05, 0.1) is 19.1 Å². The van der Waals surface area contributed by atoms with Crippen LogP contribution in [-0.2, 0) is 9.53 Å². The fraction of sp³-hybridized carbons (Fsp3) is 0.600. The van der Waals surface area contributed by atoms with Crippen LogP contribution < -0.4 is 4.90 Å². The van der Waals surface area contributed by atoms with E-state index in [0.717, 1.165) is 22.8 Å². The van der Waals surface area contributed by atoms with Gasteiger partial charge in [-0.05, 0) is 40.1 Å². The summed E-state index contributed by atoms with van der Waals surface area (Å²) in [6.45, 7) is 3.92.